The molecule has 0 amide bonds. The molecule has 2 atom stereocenters. The number of aryl methyl sites for hydroxylation is 1. The van der Waals surface area contributed by atoms with E-state index in [-0.39, 0.29) is 0 Å². The zero-order valence-corrected chi connectivity index (χ0v) is 10.3. The molecule has 0 heterocycles. The molecule has 16 heavy (non-hydrogen) atoms. The molecule has 1 aromatic rings. The highest BCUT2D eigenvalue weighted by Crippen LogP contribution is 2.28. The van der Waals surface area contributed by atoms with Gasteiger partial charge in [0, 0.05) is 10.6 Å². The van der Waals surface area contributed by atoms with Gasteiger partial charge in [-0.3, -0.25) is 0 Å². The second-order valence-corrected chi connectivity index (χ2v) is 4.26. The molecule has 0 aliphatic heterocycles. The third-order valence-corrected chi connectivity index (χ3v) is 3.11. The Morgan fingerprint density at radius 3 is 2.69 bits per heavy atom. The molecule has 0 radical (unpaired) electrons. The smallest absolute Gasteiger partial charge is 0.106 e. The minimum Gasteiger partial charge on any atom is -0.390 e. The maximum atomic E-state index is 9.96. The molecular formula is C12H18ClNO2. The van der Waals surface area contributed by atoms with E-state index in [0.717, 1.165) is 5.56 Å². The van der Waals surface area contributed by atoms with Crippen molar-refractivity contribution in [3.05, 3.63) is 34.3 Å². The summed E-state index contributed by atoms with van der Waals surface area (Å²) in [6.07, 6.45) is -1.24. The van der Waals surface area contributed by atoms with Gasteiger partial charge in [0.2, 0.25) is 0 Å². The molecule has 0 saturated heterocycles. The second kappa shape index (κ2) is 6.21. The number of aliphatic hydroxyl groups is 2. The molecule has 0 aliphatic rings. The maximum absolute atomic E-state index is 9.96. The molecular weight excluding hydrogens is 226 g/mol. The summed E-state index contributed by atoms with van der Waals surface area (Å²) in [6.45, 7) is 2.53. The summed E-state index contributed by atoms with van der Waals surface area (Å²) in [5.74, 6) is 0. The minimum absolute atomic E-state index is 0.488. The second-order valence-electron chi connectivity index (χ2n) is 3.88. The van der Waals surface area contributed by atoms with E-state index in [4.69, 9.17) is 11.6 Å². The number of hydrogen-bond acceptors (Lipinski definition) is 3. The average Bonchev–Trinajstić information content (AvgIpc) is 2.28. The van der Waals surface area contributed by atoms with E-state index in [9.17, 15) is 10.2 Å². The lowest BCUT2D eigenvalue weighted by Gasteiger charge is -2.19. The topological polar surface area (TPSA) is 52.5 Å². The lowest BCUT2D eigenvalue weighted by Crippen LogP contribution is -2.23. The highest BCUT2D eigenvalue weighted by Gasteiger charge is 2.20. The summed E-state index contributed by atoms with van der Waals surface area (Å²) in [5, 5.41) is 23.2. The van der Waals surface area contributed by atoms with Crippen molar-refractivity contribution in [2.75, 3.05) is 13.6 Å². The Labute approximate surface area is 101 Å². The van der Waals surface area contributed by atoms with Crippen LogP contribution in [0.15, 0.2) is 18.2 Å². The van der Waals surface area contributed by atoms with Crippen LogP contribution in [-0.2, 0) is 0 Å². The number of benzene rings is 1. The van der Waals surface area contributed by atoms with Crippen molar-refractivity contribution in [2.45, 2.75) is 25.6 Å². The van der Waals surface area contributed by atoms with Crippen LogP contribution in [0.2, 0.25) is 5.02 Å². The number of halogens is 1. The fourth-order valence-electron chi connectivity index (χ4n) is 1.56. The number of aliphatic hydroxyl groups excluding tert-OH is 2. The summed E-state index contributed by atoms with van der Waals surface area (Å²) in [4.78, 5) is 0. The molecule has 0 aromatic heterocycles. The molecule has 0 spiro atoms. The lowest BCUT2D eigenvalue weighted by molar-refractivity contribution is 0.0140. The maximum Gasteiger partial charge on any atom is 0.106 e. The first-order valence-corrected chi connectivity index (χ1v) is 5.71. The fourth-order valence-corrected chi connectivity index (χ4v) is 1.79. The quantitative estimate of drug-likeness (QED) is 0.737. The fraction of sp³-hybridized carbons (Fsp3) is 0.500. The Morgan fingerprint density at radius 2 is 2.06 bits per heavy atom. The van der Waals surface area contributed by atoms with Gasteiger partial charge in [-0.05, 0) is 32.5 Å². The van der Waals surface area contributed by atoms with Gasteiger partial charge in [0.05, 0.1) is 6.10 Å². The van der Waals surface area contributed by atoms with E-state index in [1.165, 1.54) is 0 Å². The van der Waals surface area contributed by atoms with Crippen molar-refractivity contribution in [1.82, 2.24) is 5.32 Å². The third kappa shape index (κ3) is 3.19. The number of hydrogen-bond donors (Lipinski definition) is 3. The van der Waals surface area contributed by atoms with Crippen molar-refractivity contribution in [2.24, 2.45) is 0 Å². The predicted octanol–water partition coefficient (Wildman–Crippen LogP) is 1.65. The molecule has 1 aromatic carbocycles. The van der Waals surface area contributed by atoms with Crippen LogP contribution in [-0.4, -0.2) is 29.9 Å². The monoisotopic (exact) mass is 243 g/mol. The van der Waals surface area contributed by atoms with Gasteiger partial charge >= 0.3 is 0 Å². The van der Waals surface area contributed by atoms with Crippen LogP contribution in [0, 0.1) is 6.92 Å². The van der Waals surface area contributed by atoms with Gasteiger partial charge in [-0.2, -0.15) is 0 Å². The summed E-state index contributed by atoms with van der Waals surface area (Å²) in [5.41, 5.74) is 1.49. The first kappa shape index (κ1) is 13.5. The molecule has 0 aliphatic carbocycles. The van der Waals surface area contributed by atoms with E-state index in [2.05, 4.69) is 5.32 Å². The Bertz CT molecular complexity index is 344. The molecule has 3 N–H and O–H groups in total. The van der Waals surface area contributed by atoms with Gasteiger partial charge in [0.1, 0.15) is 6.10 Å². The average molecular weight is 244 g/mol. The van der Waals surface area contributed by atoms with Gasteiger partial charge in [0.15, 0.2) is 0 Å². The first-order valence-electron chi connectivity index (χ1n) is 5.33. The highest BCUT2D eigenvalue weighted by atomic mass is 35.5. The van der Waals surface area contributed by atoms with Crippen LogP contribution < -0.4 is 5.32 Å². The molecule has 1 rings (SSSR count). The zero-order chi connectivity index (χ0) is 12.1. The van der Waals surface area contributed by atoms with Gasteiger partial charge in [0.25, 0.3) is 0 Å². The molecule has 0 saturated carbocycles. The van der Waals surface area contributed by atoms with Crippen LogP contribution in [0.4, 0.5) is 0 Å². The van der Waals surface area contributed by atoms with Gasteiger partial charge < -0.3 is 15.5 Å². The molecule has 3 nitrogen and oxygen atoms in total. The molecule has 4 heteroatoms. The Morgan fingerprint density at radius 1 is 1.38 bits per heavy atom. The highest BCUT2D eigenvalue weighted by molar-refractivity contribution is 6.32. The van der Waals surface area contributed by atoms with Crippen molar-refractivity contribution in [3.8, 4) is 0 Å². The van der Waals surface area contributed by atoms with Gasteiger partial charge in [-0.25, -0.2) is 0 Å². The van der Waals surface area contributed by atoms with Crippen LogP contribution >= 0.6 is 11.6 Å². The minimum atomic E-state index is -0.930. The number of nitrogens with one attached hydrogen (secondary N) is 1. The van der Waals surface area contributed by atoms with Crippen molar-refractivity contribution >= 4 is 11.6 Å². The molecule has 0 bridgehead atoms. The Balaban J connectivity index is 2.79. The zero-order valence-electron chi connectivity index (χ0n) is 9.57. The first-order chi connectivity index (χ1) is 7.57. The predicted molar refractivity (Wildman–Crippen MR) is 65.7 cm³/mol. The van der Waals surface area contributed by atoms with Crippen molar-refractivity contribution in [3.63, 3.8) is 0 Å². The van der Waals surface area contributed by atoms with Crippen LogP contribution in [0.1, 0.15) is 23.7 Å². The SMILES string of the molecule is CNCCC(O)C(O)c1cccc(C)c1Cl. The molecule has 90 valence electrons. The van der Waals surface area contributed by atoms with Crippen molar-refractivity contribution < 1.29 is 10.2 Å². The summed E-state index contributed by atoms with van der Waals surface area (Å²) in [6, 6.07) is 5.44. The standard InChI is InChI=1S/C12H18ClNO2/c1-8-4-3-5-9(11(8)13)12(16)10(15)6-7-14-2/h3-5,10,12,14-16H,6-7H2,1-2H3. The summed E-state index contributed by atoms with van der Waals surface area (Å²) in [7, 11) is 1.80. The van der Waals surface area contributed by atoms with E-state index >= 15 is 0 Å². The molecule has 0 fully saturated rings. The third-order valence-electron chi connectivity index (χ3n) is 2.59. The lowest BCUT2D eigenvalue weighted by atomic mass is 10.0. The largest absolute Gasteiger partial charge is 0.390 e. The Hall–Kier alpha value is -0.610. The van der Waals surface area contributed by atoms with Gasteiger partial charge in [-0.15, -0.1) is 0 Å². The van der Waals surface area contributed by atoms with Gasteiger partial charge in [-0.1, -0.05) is 29.8 Å². The van der Waals surface area contributed by atoms with E-state index in [1.54, 1.807) is 13.1 Å². The van der Waals surface area contributed by atoms with E-state index < -0.39 is 12.2 Å². The normalized spacial score (nSPS) is 14.8. The van der Waals surface area contributed by atoms with E-state index in [0.29, 0.717) is 23.6 Å². The summed E-state index contributed by atoms with van der Waals surface area (Å²) < 4.78 is 0. The van der Waals surface area contributed by atoms with Crippen LogP contribution in [0.5, 0.6) is 0 Å². The van der Waals surface area contributed by atoms with Crippen LogP contribution in [0.3, 0.4) is 0 Å². The molecule has 2 unspecified atom stereocenters. The Kier molecular flexibility index (Phi) is 5.22. The van der Waals surface area contributed by atoms with E-state index in [1.807, 2.05) is 19.1 Å². The van der Waals surface area contributed by atoms with Crippen molar-refractivity contribution in [1.29, 1.82) is 0 Å². The number of rotatable bonds is 5. The van der Waals surface area contributed by atoms with Crippen LogP contribution in [0.25, 0.3) is 0 Å². The summed E-state index contributed by atoms with van der Waals surface area (Å²) >= 11 is 6.08.